The van der Waals surface area contributed by atoms with Crippen LogP contribution in [0.25, 0.3) is 0 Å². The highest BCUT2D eigenvalue weighted by atomic mass is 127. The number of likely N-dealkylation sites (tertiary alicyclic amines) is 1. The van der Waals surface area contributed by atoms with Gasteiger partial charge < -0.3 is 19.5 Å². The zero-order chi connectivity index (χ0) is 20.9. The number of guanidine groups is 1. The minimum absolute atomic E-state index is 0. The summed E-state index contributed by atoms with van der Waals surface area (Å²) in [6.45, 7) is 3.07. The molecule has 3 rings (SSSR count). The Morgan fingerprint density at radius 1 is 1.37 bits per heavy atom. The molecule has 0 radical (unpaired) electrons. The van der Waals surface area contributed by atoms with Gasteiger partial charge in [-0.1, -0.05) is 13.0 Å². The van der Waals surface area contributed by atoms with Crippen LogP contribution in [0.1, 0.15) is 24.9 Å². The van der Waals surface area contributed by atoms with Gasteiger partial charge in [0.2, 0.25) is 5.88 Å². The molecular weight excluding hydrogens is 512 g/mol. The van der Waals surface area contributed by atoms with Crippen molar-refractivity contribution in [3.05, 3.63) is 42.6 Å². The number of hydrogen-bond donors (Lipinski definition) is 1. The van der Waals surface area contributed by atoms with Crippen molar-refractivity contribution in [3.8, 4) is 5.88 Å². The molecule has 1 aliphatic rings. The topological polar surface area (TPSA) is 67.6 Å². The van der Waals surface area contributed by atoms with E-state index in [-0.39, 0.29) is 29.9 Å². The number of aromatic nitrogens is 3. The summed E-state index contributed by atoms with van der Waals surface area (Å²) in [5.41, 5.74) is 0.821. The van der Waals surface area contributed by atoms with Crippen molar-refractivity contribution in [2.24, 2.45) is 10.9 Å². The van der Waals surface area contributed by atoms with E-state index in [1.54, 1.807) is 19.3 Å². The van der Waals surface area contributed by atoms with Crippen LogP contribution >= 0.6 is 24.0 Å². The molecule has 0 saturated carbocycles. The van der Waals surface area contributed by atoms with Crippen molar-refractivity contribution in [1.29, 1.82) is 0 Å². The minimum Gasteiger partial charge on any atom is -0.468 e. The molecule has 7 nitrogen and oxygen atoms in total. The molecule has 2 unspecified atom stereocenters. The van der Waals surface area contributed by atoms with Crippen LogP contribution in [0.5, 0.6) is 5.88 Å². The predicted molar refractivity (Wildman–Crippen MR) is 118 cm³/mol. The molecule has 0 aliphatic carbocycles. The second-order valence-electron chi connectivity index (χ2n) is 7.10. The Balaban J connectivity index is 0.00000320. The van der Waals surface area contributed by atoms with Gasteiger partial charge in [-0.15, -0.1) is 24.0 Å². The van der Waals surface area contributed by atoms with E-state index in [1.807, 2.05) is 12.5 Å². The van der Waals surface area contributed by atoms with Crippen LogP contribution < -0.4 is 10.1 Å². The number of rotatable bonds is 5. The summed E-state index contributed by atoms with van der Waals surface area (Å²) in [5, 5.41) is 3.30. The SMILES string of the molecule is CN=C(NCc1ccc(OCC(F)(F)F)nc1)N1CCC(C)C(n2ccnc2)C1.I. The number of hydrogen-bond acceptors (Lipinski definition) is 4. The monoisotopic (exact) mass is 538 g/mol. The Hall–Kier alpha value is -2.05. The van der Waals surface area contributed by atoms with Crippen molar-refractivity contribution in [2.45, 2.75) is 32.1 Å². The van der Waals surface area contributed by atoms with Gasteiger partial charge in [0.05, 0.1) is 12.4 Å². The largest absolute Gasteiger partial charge is 0.468 e. The minimum atomic E-state index is -4.38. The van der Waals surface area contributed by atoms with Gasteiger partial charge in [0.25, 0.3) is 0 Å². The summed E-state index contributed by atoms with van der Waals surface area (Å²) in [5.74, 6) is 1.26. The van der Waals surface area contributed by atoms with E-state index < -0.39 is 12.8 Å². The summed E-state index contributed by atoms with van der Waals surface area (Å²) in [7, 11) is 1.74. The van der Waals surface area contributed by atoms with Crippen LogP contribution in [0.15, 0.2) is 42.0 Å². The molecular formula is C19H26F3IN6O. The quantitative estimate of drug-likeness (QED) is 0.359. The molecule has 2 aromatic rings. The molecule has 166 valence electrons. The van der Waals surface area contributed by atoms with Gasteiger partial charge in [-0.2, -0.15) is 13.2 Å². The number of imidazole rings is 1. The molecule has 2 aromatic heterocycles. The van der Waals surface area contributed by atoms with Gasteiger partial charge >= 0.3 is 6.18 Å². The van der Waals surface area contributed by atoms with Crippen molar-refractivity contribution in [2.75, 3.05) is 26.7 Å². The normalized spacial score (nSPS) is 19.9. The van der Waals surface area contributed by atoms with Gasteiger partial charge in [0.1, 0.15) is 0 Å². The smallest absolute Gasteiger partial charge is 0.422 e. The second-order valence-corrected chi connectivity index (χ2v) is 7.10. The first kappa shape index (κ1) is 24.2. The number of ether oxygens (including phenoxy) is 1. The zero-order valence-electron chi connectivity index (χ0n) is 16.8. The summed E-state index contributed by atoms with van der Waals surface area (Å²) < 4.78 is 43.4. The van der Waals surface area contributed by atoms with Crippen LogP contribution in [-0.4, -0.2) is 58.3 Å². The molecule has 0 aromatic carbocycles. The molecule has 30 heavy (non-hydrogen) atoms. The number of halogens is 4. The van der Waals surface area contributed by atoms with E-state index in [9.17, 15) is 13.2 Å². The van der Waals surface area contributed by atoms with E-state index in [1.165, 1.54) is 12.3 Å². The Kier molecular flexibility index (Phi) is 8.74. The molecule has 0 bridgehead atoms. The Bertz CT molecular complexity index is 798. The first-order valence-corrected chi connectivity index (χ1v) is 9.43. The van der Waals surface area contributed by atoms with Crippen molar-refractivity contribution in [3.63, 3.8) is 0 Å². The standard InChI is InChI=1S/C19H25F3N6O.HI/c1-14-5-7-27(11-16(14)28-8-6-24-13-28)18(23-2)26-10-15-3-4-17(25-9-15)29-12-19(20,21)22;/h3-4,6,8-9,13-14,16H,5,7,10-12H2,1-2H3,(H,23,26);1H. The molecule has 2 atom stereocenters. The molecule has 3 heterocycles. The Morgan fingerprint density at radius 3 is 2.77 bits per heavy atom. The third-order valence-corrected chi connectivity index (χ3v) is 4.97. The fourth-order valence-corrected chi connectivity index (χ4v) is 3.37. The fourth-order valence-electron chi connectivity index (χ4n) is 3.37. The van der Waals surface area contributed by atoms with Crippen LogP contribution in [0.2, 0.25) is 0 Å². The average molecular weight is 538 g/mol. The number of nitrogens with one attached hydrogen (secondary N) is 1. The van der Waals surface area contributed by atoms with E-state index >= 15 is 0 Å². The molecule has 1 fully saturated rings. The zero-order valence-corrected chi connectivity index (χ0v) is 19.2. The highest BCUT2D eigenvalue weighted by molar-refractivity contribution is 14.0. The molecule has 11 heteroatoms. The van der Waals surface area contributed by atoms with E-state index in [0.29, 0.717) is 18.5 Å². The molecule has 0 amide bonds. The highest BCUT2D eigenvalue weighted by Gasteiger charge is 2.29. The summed E-state index contributed by atoms with van der Waals surface area (Å²) in [6.07, 6.45) is 3.77. The molecule has 0 spiro atoms. The first-order chi connectivity index (χ1) is 13.9. The summed E-state index contributed by atoms with van der Waals surface area (Å²) in [6, 6.07) is 3.44. The maximum absolute atomic E-state index is 12.2. The maximum atomic E-state index is 12.2. The number of nitrogens with zero attached hydrogens (tertiary/aromatic N) is 5. The van der Waals surface area contributed by atoms with Crippen LogP contribution in [0.3, 0.4) is 0 Å². The Morgan fingerprint density at radius 2 is 2.17 bits per heavy atom. The lowest BCUT2D eigenvalue weighted by atomic mass is 9.93. The van der Waals surface area contributed by atoms with Crippen LogP contribution in [0.4, 0.5) is 13.2 Å². The average Bonchev–Trinajstić information content (AvgIpc) is 3.23. The maximum Gasteiger partial charge on any atom is 0.422 e. The second kappa shape index (κ2) is 10.8. The first-order valence-electron chi connectivity index (χ1n) is 9.43. The summed E-state index contributed by atoms with van der Waals surface area (Å²) >= 11 is 0. The van der Waals surface area contributed by atoms with Gasteiger partial charge in [-0.3, -0.25) is 4.99 Å². The van der Waals surface area contributed by atoms with Crippen molar-refractivity contribution in [1.82, 2.24) is 24.8 Å². The van der Waals surface area contributed by atoms with Crippen molar-refractivity contribution >= 4 is 29.9 Å². The van der Waals surface area contributed by atoms with Gasteiger partial charge in [0.15, 0.2) is 12.6 Å². The third kappa shape index (κ3) is 6.74. The lowest BCUT2D eigenvalue weighted by Gasteiger charge is -2.39. The molecule has 1 aliphatic heterocycles. The number of aliphatic imine (C=N–C) groups is 1. The lowest BCUT2D eigenvalue weighted by Crippen LogP contribution is -2.48. The third-order valence-electron chi connectivity index (χ3n) is 4.97. The van der Waals surface area contributed by atoms with Crippen LogP contribution in [-0.2, 0) is 6.54 Å². The highest BCUT2D eigenvalue weighted by Crippen LogP contribution is 2.27. The molecule has 1 N–H and O–H groups in total. The predicted octanol–water partition coefficient (Wildman–Crippen LogP) is 3.50. The fraction of sp³-hybridized carbons (Fsp3) is 0.526. The Labute approximate surface area is 190 Å². The number of piperidine rings is 1. The van der Waals surface area contributed by atoms with Gasteiger partial charge in [0, 0.05) is 51.3 Å². The van der Waals surface area contributed by atoms with Crippen molar-refractivity contribution < 1.29 is 17.9 Å². The van der Waals surface area contributed by atoms with E-state index in [2.05, 4.69) is 41.4 Å². The summed E-state index contributed by atoms with van der Waals surface area (Å²) in [4.78, 5) is 14.7. The van der Waals surface area contributed by atoms with Gasteiger partial charge in [-0.25, -0.2) is 9.97 Å². The van der Waals surface area contributed by atoms with E-state index in [0.717, 1.165) is 31.0 Å². The number of alkyl halides is 3. The van der Waals surface area contributed by atoms with E-state index in [4.69, 9.17) is 0 Å². The lowest BCUT2D eigenvalue weighted by molar-refractivity contribution is -0.154. The number of pyridine rings is 1. The molecule has 1 saturated heterocycles. The van der Waals surface area contributed by atoms with Gasteiger partial charge in [-0.05, 0) is 17.9 Å². The van der Waals surface area contributed by atoms with Crippen LogP contribution in [0, 0.1) is 5.92 Å².